The van der Waals surface area contributed by atoms with Gasteiger partial charge in [-0.05, 0) is 36.8 Å². The summed E-state index contributed by atoms with van der Waals surface area (Å²) < 4.78 is 2.00. The number of benzene rings is 1. The number of fused-ring (bicyclic) bond motifs is 1. The van der Waals surface area contributed by atoms with Crippen LogP contribution in [0.25, 0.3) is 5.65 Å². The Morgan fingerprint density at radius 3 is 2.95 bits per heavy atom. The van der Waals surface area contributed by atoms with Crippen LogP contribution in [-0.2, 0) is 6.42 Å². The molecule has 0 aliphatic carbocycles. The molecule has 5 heteroatoms. The molecule has 0 bridgehead atoms. The number of imidazole rings is 1. The number of hydrogen-bond donors (Lipinski definition) is 1. The summed E-state index contributed by atoms with van der Waals surface area (Å²) in [4.78, 5) is 16.6. The Labute approximate surface area is 133 Å². The van der Waals surface area contributed by atoms with Crippen LogP contribution in [0.4, 0.5) is 0 Å². The quantitative estimate of drug-likeness (QED) is 0.803. The minimum absolute atomic E-state index is 0.123. The van der Waals surface area contributed by atoms with E-state index < -0.39 is 0 Å². The number of nitrogens with zero attached hydrogens (tertiary/aromatic N) is 2. The standard InChI is InChI=1S/C17H16ClN3O/c1-12-4-3-9-21-11-15(20-16(12)21)7-8-19-17(22)13-5-2-6-14(18)10-13/h2-6,9-11H,7-8H2,1H3,(H,19,22). The first-order valence-corrected chi connectivity index (χ1v) is 7.48. The molecule has 0 atom stereocenters. The monoisotopic (exact) mass is 313 g/mol. The Balaban J connectivity index is 1.62. The molecule has 22 heavy (non-hydrogen) atoms. The maximum Gasteiger partial charge on any atom is 0.251 e. The summed E-state index contributed by atoms with van der Waals surface area (Å²) in [5.41, 5.74) is 3.62. The van der Waals surface area contributed by atoms with Crippen LogP contribution in [0.5, 0.6) is 0 Å². The van der Waals surface area contributed by atoms with E-state index in [9.17, 15) is 4.79 Å². The number of pyridine rings is 1. The van der Waals surface area contributed by atoms with E-state index in [-0.39, 0.29) is 5.91 Å². The fourth-order valence-electron chi connectivity index (χ4n) is 2.36. The highest BCUT2D eigenvalue weighted by Gasteiger charge is 2.07. The van der Waals surface area contributed by atoms with Gasteiger partial charge in [0.2, 0.25) is 0 Å². The SMILES string of the molecule is Cc1cccn2cc(CCNC(=O)c3cccc(Cl)c3)nc12. The molecule has 0 spiro atoms. The average Bonchev–Trinajstić information content (AvgIpc) is 2.91. The first kappa shape index (κ1) is 14.6. The highest BCUT2D eigenvalue weighted by Crippen LogP contribution is 2.11. The second kappa shape index (κ2) is 6.20. The van der Waals surface area contributed by atoms with Crippen molar-refractivity contribution in [2.45, 2.75) is 13.3 Å². The van der Waals surface area contributed by atoms with Crippen molar-refractivity contribution in [3.05, 3.63) is 70.6 Å². The molecule has 2 aromatic heterocycles. The predicted molar refractivity (Wildman–Crippen MR) is 87.4 cm³/mol. The number of aromatic nitrogens is 2. The number of halogens is 1. The van der Waals surface area contributed by atoms with Crippen molar-refractivity contribution in [3.8, 4) is 0 Å². The molecule has 3 rings (SSSR count). The van der Waals surface area contributed by atoms with Crippen molar-refractivity contribution in [3.63, 3.8) is 0 Å². The molecule has 0 aliphatic heterocycles. The fraction of sp³-hybridized carbons (Fsp3) is 0.176. The largest absolute Gasteiger partial charge is 0.352 e. The van der Waals surface area contributed by atoms with Gasteiger partial charge >= 0.3 is 0 Å². The molecule has 0 unspecified atom stereocenters. The summed E-state index contributed by atoms with van der Waals surface area (Å²) in [6.07, 6.45) is 4.66. The maximum atomic E-state index is 12.0. The highest BCUT2D eigenvalue weighted by molar-refractivity contribution is 6.30. The van der Waals surface area contributed by atoms with Crippen LogP contribution < -0.4 is 5.32 Å². The van der Waals surface area contributed by atoms with Crippen LogP contribution in [0.1, 0.15) is 21.6 Å². The molecule has 2 heterocycles. The maximum absolute atomic E-state index is 12.0. The lowest BCUT2D eigenvalue weighted by molar-refractivity contribution is 0.0954. The summed E-state index contributed by atoms with van der Waals surface area (Å²) >= 11 is 5.89. The van der Waals surface area contributed by atoms with Gasteiger partial charge in [0.05, 0.1) is 5.69 Å². The molecule has 1 N–H and O–H groups in total. The first-order valence-electron chi connectivity index (χ1n) is 7.10. The molecule has 4 nitrogen and oxygen atoms in total. The third kappa shape index (κ3) is 3.12. The zero-order chi connectivity index (χ0) is 15.5. The molecule has 112 valence electrons. The molecule has 1 aromatic carbocycles. The molecule has 1 amide bonds. The van der Waals surface area contributed by atoms with E-state index in [1.54, 1.807) is 24.3 Å². The van der Waals surface area contributed by atoms with Crippen molar-refractivity contribution in [1.29, 1.82) is 0 Å². The van der Waals surface area contributed by atoms with Gasteiger partial charge in [-0.2, -0.15) is 0 Å². The van der Waals surface area contributed by atoms with Gasteiger partial charge in [-0.15, -0.1) is 0 Å². The lowest BCUT2D eigenvalue weighted by atomic mass is 10.2. The van der Waals surface area contributed by atoms with Crippen LogP contribution in [-0.4, -0.2) is 21.8 Å². The number of amides is 1. The highest BCUT2D eigenvalue weighted by atomic mass is 35.5. The van der Waals surface area contributed by atoms with Crippen LogP contribution in [0.3, 0.4) is 0 Å². The zero-order valence-corrected chi connectivity index (χ0v) is 13.0. The van der Waals surface area contributed by atoms with Crippen molar-refractivity contribution < 1.29 is 4.79 Å². The Kier molecular flexibility index (Phi) is 4.11. The van der Waals surface area contributed by atoms with Crippen molar-refractivity contribution in [1.82, 2.24) is 14.7 Å². The molecular formula is C17H16ClN3O. The van der Waals surface area contributed by atoms with Gasteiger partial charge in [0.25, 0.3) is 5.91 Å². The van der Waals surface area contributed by atoms with Crippen molar-refractivity contribution in [2.75, 3.05) is 6.54 Å². The van der Waals surface area contributed by atoms with E-state index in [1.165, 1.54) is 0 Å². The second-order valence-corrected chi connectivity index (χ2v) is 5.61. The molecule has 0 aliphatic rings. The summed E-state index contributed by atoms with van der Waals surface area (Å²) in [6.45, 7) is 2.57. The first-order chi connectivity index (χ1) is 10.6. The topological polar surface area (TPSA) is 46.4 Å². The van der Waals surface area contributed by atoms with Crippen molar-refractivity contribution >= 4 is 23.2 Å². The Bertz CT molecular complexity index is 826. The van der Waals surface area contributed by atoms with Gasteiger partial charge in [-0.1, -0.05) is 23.7 Å². The van der Waals surface area contributed by atoms with E-state index >= 15 is 0 Å². The number of rotatable bonds is 4. The van der Waals surface area contributed by atoms with Gasteiger partial charge < -0.3 is 9.72 Å². The molecular weight excluding hydrogens is 298 g/mol. The summed E-state index contributed by atoms with van der Waals surface area (Å²) in [5, 5.41) is 3.45. The smallest absolute Gasteiger partial charge is 0.251 e. The van der Waals surface area contributed by atoms with E-state index in [0.717, 1.165) is 16.9 Å². The van der Waals surface area contributed by atoms with Crippen LogP contribution >= 0.6 is 11.6 Å². The normalized spacial score (nSPS) is 10.8. The van der Waals surface area contributed by atoms with E-state index in [2.05, 4.69) is 10.3 Å². The van der Waals surface area contributed by atoms with Crippen LogP contribution in [0.15, 0.2) is 48.8 Å². The third-order valence-corrected chi connectivity index (χ3v) is 3.72. The van der Waals surface area contributed by atoms with Gasteiger partial charge in [0, 0.05) is 35.9 Å². The molecule has 0 saturated carbocycles. The molecule has 3 aromatic rings. The number of carbonyl (C=O) groups is 1. The minimum atomic E-state index is -0.123. The minimum Gasteiger partial charge on any atom is -0.352 e. The van der Waals surface area contributed by atoms with E-state index in [1.807, 2.05) is 35.9 Å². The number of carbonyl (C=O) groups excluding carboxylic acids is 1. The molecule has 0 fully saturated rings. The van der Waals surface area contributed by atoms with Crippen molar-refractivity contribution in [2.24, 2.45) is 0 Å². The zero-order valence-electron chi connectivity index (χ0n) is 12.2. The van der Waals surface area contributed by atoms with E-state index in [4.69, 9.17) is 11.6 Å². The third-order valence-electron chi connectivity index (χ3n) is 3.48. The number of hydrogen-bond acceptors (Lipinski definition) is 2. The van der Waals surface area contributed by atoms with Gasteiger partial charge in [-0.25, -0.2) is 4.98 Å². The lowest BCUT2D eigenvalue weighted by Crippen LogP contribution is -2.25. The van der Waals surface area contributed by atoms with Crippen LogP contribution in [0.2, 0.25) is 5.02 Å². The predicted octanol–water partition coefficient (Wildman–Crippen LogP) is 3.27. The van der Waals surface area contributed by atoms with Gasteiger partial charge in [-0.3, -0.25) is 4.79 Å². The average molecular weight is 314 g/mol. The second-order valence-electron chi connectivity index (χ2n) is 5.17. The Morgan fingerprint density at radius 1 is 1.32 bits per heavy atom. The summed E-state index contributed by atoms with van der Waals surface area (Å²) in [7, 11) is 0. The van der Waals surface area contributed by atoms with Crippen LogP contribution in [0, 0.1) is 6.92 Å². The lowest BCUT2D eigenvalue weighted by Gasteiger charge is -2.04. The molecule has 0 saturated heterocycles. The van der Waals surface area contributed by atoms with E-state index in [0.29, 0.717) is 23.6 Å². The van der Waals surface area contributed by atoms with Gasteiger partial charge in [0.1, 0.15) is 5.65 Å². The Hall–Kier alpha value is -2.33. The summed E-state index contributed by atoms with van der Waals surface area (Å²) in [5.74, 6) is -0.123. The summed E-state index contributed by atoms with van der Waals surface area (Å²) in [6, 6.07) is 10.9. The number of nitrogens with one attached hydrogen (secondary N) is 1. The molecule has 0 radical (unpaired) electrons. The Morgan fingerprint density at radius 2 is 2.18 bits per heavy atom. The fourth-order valence-corrected chi connectivity index (χ4v) is 2.55. The van der Waals surface area contributed by atoms with Gasteiger partial charge in [0.15, 0.2) is 0 Å². The number of aryl methyl sites for hydroxylation is 1.